The van der Waals surface area contributed by atoms with Gasteiger partial charge >= 0.3 is 0 Å². The van der Waals surface area contributed by atoms with Crippen molar-refractivity contribution in [3.05, 3.63) is 83.7 Å². The minimum Gasteiger partial charge on any atom is -0.383 e. The summed E-state index contributed by atoms with van der Waals surface area (Å²) in [6.07, 6.45) is 8.62. The highest BCUT2D eigenvalue weighted by Gasteiger charge is 2.33. The third-order valence-corrected chi connectivity index (χ3v) is 7.69. The molecule has 2 atom stereocenters. The van der Waals surface area contributed by atoms with Crippen LogP contribution in [0.5, 0.6) is 0 Å². The molecule has 0 saturated carbocycles. The number of benzene rings is 1. The molecule has 1 aliphatic carbocycles. The quantitative estimate of drug-likeness (QED) is 0.447. The Kier molecular flexibility index (Phi) is 5.01. The van der Waals surface area contributed by atoms with Crippen LogP contribution in [0.1, 0.15) is 31.0 Å². The van der Waals surface area contributed by atoms with Gasteiger partial charge in [-0.3, -0.25) is 9.47 Å². The predicted octanol–water partition coefficient (Wildman–Crippen LogP) is 4.34. The second kappa shape index (κ2) is 8.40. The molecule has 3 saturated heterocycles. The van der Waals surface area contributed by atoms with E-state index in [1.807, 2.05) is 24.3 Å². The van der Waals surface area contributed by atoms with E-state index >= 15 is 0 Å². The van der Waals surface area contributed by atoms with Crippen LogP contribution in [-0.2, 0) is 6.54 Å². The molecule has 0 spiro atoms. The number of aromatic nitrogens is 4. The van der Waals surface area contributed by atoms with Gasteiger partial charge in [0.2, 0.25) is 0 Å². The number of allylic oxidation sites excluding steroid dienone is 4. The minimum atomic E-state index is 0.458. The third-order valence-electron chi connectivity index (χ3n) is 7.69. The number of hydrogen-bond donors (Lipinski definition) is 2. The smallest absolute Gasteiger partial charge is 0.165 e. The van der Waals surface area contributed by atoms with Crippen molar-refractivity contribution in [2.24, 2.45) is 0 Å². The zero-order valence-electron chi connectivity index (χ0n) is 20.4. The summed E-state index contributed by atoms with van der Waals surface area (Å²) in [5, 5.41) is 3.65. The summed E-state index contributed by atoms with van der Waals surface area (Å²) in [5.74, 6) is 1.21. The molecule has 4 aliphatic rings. The van der Waals surface area contributed by atoms with E-state index in [0.29, 0.717) is 17.9 Å². The molecule has 3 aromatic heterocycles. The molecule has 1 aromatic carbocycles. The van der Waals surface area contributed by atoms with E-state index in [1.54, 1.807) is 6.20 Å². The Hall–Kier alpha value is -3.81. The van der Waals surface area contributed by atoms with Crippen molar-refractivity contribution in [3.63, 3.8) is 0 Å². The van der Waals surface area contributed by atoms with Gasteiger partial charge < -0.3 is 11.1 Å². The Morgan fingerprint density at radius 2 is 1.89 bits per heavy atom. The number of anilines is 1. The molecule has 8 rings (SSSR count). The van der Waals surface area contributed by atoms with Crippen molar-refractivity contribution in [1.29, 1.82) is 0 Å². The maximum absolute atomic E-state index is 6.29. The summed E-state index contributed by atoms with van der Waals surface area (Å²) in [5.41, 5.74) is 14.4. The Labute approximate surface area is 210 Å². The van der Waals surface area contributed by atoms with E-state index in [2.05, 4.69) is 63.1 Å². The summed E-state index contributed by atoms with van der Waals surface area (Å²) in [7, 11) is 0. The van der Waals surface area contributed by atoms with Gasteiger partial charge in [-0.2, -0.15) is 0 Å². The average molecular weight is 476 g/mol. The Morgan fingerprint density at radius 3 is 2.58 bits per heavy atom. The molecule has 7 heteroatoms. The first-order chi connectivity index (χ1) is 17.6. The molecule has 6 heterocycles. The Balaban J connectivity index is 1.29. The fraction of sp³-hybridized carbons (Fsp3) is 0.276. The number of nitrogen functional groups attached to an aromatic ring is 1. The number of fused-ring (bicyclic) bond motifs is 4. The number of imidazole rings is 1. The van der Waals surface area contributed by atoms with Crippen LogP contribution in [0.25, 0.3) is 33.8 Å². The molecule has 3 fully saturated rings. The van der Waals surface area contributed by atoms with E-state index in [4.69, 9.17) is 15.7 Å². The Bertz CT molecular complexity index is 1520. The SMILES string of the molecule is CC1=CC(c2ccc3nc(-c4cccnc4N)n(-c4ccc(CN5CC6CCC5CN6)cc4)c3n2)=C1. The molecular formula is C29H29N7. The van der Waals surface area contributed by atoms with Crippen LogP contribution in [0.3, 0.4) is 0 Å². The van der Waals surface area contributed by atoms with Crippen LogP contribution in [0.15, 0.2) is 72.5 Å². The normalized spacial score (nSPS) is 21.4. The van der Waals surface area contributed by atoms with Crippen LogP contribution in [0.2, 0.25) is 0 Å². The van der Waals surface area contributed by atoms with E-state index in [-0.39, 0.29) is 0 Å². The number of nitrogens with two attached hydrogens (primary N) is 1. The lowest BCUT2D eigenvalue weighted by atomic mass is 9.92. The maximum Gasteiger partial charge on any atom is 0.165 e. The average Bonchev–Trinajstić information content (AvgIpc) is 3.27. The fourth-order valence-electron chi connectivity index (χ4n) is 5.75. The zero-order valence-corrected chi connectivity index (χ0v) is 20.4. The molecule has 0 radical (unpaired) electrons. The molecule has 36 heavy (non-hydrogen) atoms. The molecule has 0 amide bonds. The minimum absolute atomic E-state index is 0.458. The largest absolute Gasteiger partial charge is 0.383 e. The van der Waals surface area contributed by atoms with Crippen LogP contribution >= 0.6 is 0 Å². The standard InChI is InChI=1S/C29H29N7/c1-18-13-20(14-18)25-10-11-26-29(33-25)36(28(34-26)24-3-2-12-31-27(24)30)22-7-4-19(5-8-22)16-35-17-21-6-9-23(35)15-32-21/h2-5,7-8,10-14,21,23,32H,6,9,15-17H2,1H3,(H2,30,31). The van der Waals surface area contributed by atoms with Gasteiger partial charge in [-0.05, 0) is 79.5 Å². The molecule has 2 unspecified atom stereocenters. The first-order valence-corrected chi connectivity index (χ1v) is 12.7. The molecule has 3 N–H and O–H groups in total. The number of nitrogens with one attached hydrogen (secondary N) is 1. The lowest BCUT2D eigenvalue weighted by Gasteiger charge is -2.46. The highest BCUT2D eigenvalue weighted by atomic mass is 15.2. The zero-order chi connectivity index (χ0) is 24.2. The van der Waals surface area contributed by atoms with Gasteiger partial charge in [0.15, 0.2) is 11.5 Å². The molecule has 4 aromatic rings. The van der Waals surface area contributed by atoms with Crippen LogP contribution in [0.4, 0.5) is 5.82 Å². The summed E-state index contributed by atoms with van der Waals surface area (Å²) >= 11 is 0. The molecule has 2 bridgehead atoms. The number of piperidine rings is 2. The van der Waals surface area contributed by atoms with Gasteiger partial charge in [-0.15, -0.1) is 0 Å². The van der Waals surface area contributed by atoms with Gasteiger partial charge in [-0.1, -0.05) is 12.1 Å². The Morgan fingerprint density at radius 1 is 1.03 bits per heavy atom. The molecule has 180 valence electrons. The van der Waals surface area contributed by atoms with Gasteiger partial charge in [0.1, 0.15) is 11.3 Å². The summed E-state index contributed by atoms with van der Waals surface area (Å²) in [6.45, 7) is 5.33. The van der Waals surface area contributed by atoms with Crippen molar-refractivity contribution in [2.45, 2.75) is 38.4 Å². The van der Waals surface area contributed by atoms with Crippen molar-refractivity contribution in [3.8, 4) is 17.1 Å². The maximum atomic E-state index is 6.29. The summed E-state index contributed by atoms with van der Waals surface area (Å²) in [6, 6.07) is 18.0. The lowest BCUT2D eigenvalue weighted by Crippen LogP contribution is -2.60. The number of hydrogen-bond acceptors (Lipinski definition) is 6. The van der Waals surface area contributed by atoms with Gasteiger partial charge in [-0.25, -0.2) is 15.0 Å². The van der Waals surface area contributed by atoms with Crippen molar-refractivity contribution < 1.29 is 0 Å². The van der Waals surface area contributed by atoms with Gasteiger partial charge in [0.25, 0.3) is 0 Å². The van der Waals surface area contributed by atoms with Gasteiger partial charge in [0, 0.05) is 49.2 Å². The van der Waals surface area contributed by atoms with Crippen LogP contribution < -0.4 is 11.1 Å². The van der Waals surface area contributed by atoms with E-state index in [9.17, 15) is 0 Å². The number of rotatable bonds is 5. The predicted molar refractivity (Wildman–Crippen MR) is 143 cm³/mol. The van der Waals surface area contributed by atoms with E-state index in [0.717, 1.165) is 59.1 Å². The number of nitrogens with zero attached hydrogens (tertiary/aromatic N) is 5. The monoisotopic (exact) mass is 475 g/mol. The molecule has 3 aliphatic heterocycles. The lowest BCUT2D eigenvalue weighted by molar-refractivity contribution is 0.0685. The number of pyridine rings is 2. The van der Waals surface area contributed by atoms with E-state index < -0.39 is 0 Å². The van der Waals surface area contributed by atoms with Gasteiger partial charge in [0.05, 0.1) is 11.3 Å². The second-order valence-corrected chi connectivity index (χ2v) is 10.2. The summed E-state index contributed by atoms with van der Waals surface area (Å²) in [4.78, 5) is 16.9. The van der Waals surface area contributed by atoms with Crippen LogP contribution in [-0.4, -0.2) is 49.6 Å². The van der Waals surface area contributed by atoms with E-state index in [1.165, 1.54) is 24.0 Å². The molecule has 7 nitrogen and oxygen atoms in total. The second-order valence-electron chi connectivity index (χ2n) is 10.2. The first-order valence-electron chi connectivity index (χ1n) is 12.7. The highest BCUT2D eigenvalue weighted by molar-refractivity contribution is 5.87. The summed E-state index contributed by atoms with van der Waals surface area (Å²) < 4.78 is 2.11. The topological polar surface area (TPSA) is 84.9 Å². The van der Waals surface area contributed by atoms with Crippen molar-refractivity contribution in [1.82, 2.24) is 29.7 Å². The third kappa shape index (κ3) is 3.63. The fourth-order valence-corrected chi connectivity index (χ4v) is 5.75. The molecular weight excluding hydrogens is 446 g/mol. The number of piperazine rings is 1. The highest BCUT2D eigenvalue weighted by Crippen LogP contribution is 2.33. The van der Waals surface area contributed by atoms with Crippen LogP contribution in [0, 0.1) is 0 Å². The van der Waals surface area contributed by atoms with Crippen molar-refractivity contribution in [2.75, 3.05) is 18.8 Å². The first kappa shape index (κ1) is 21.5. The van der Waals surface area contributed by atoms with Crippen molar-refractivity contribution >= 4 is 22.6 Å².